The zero-order chi connectivity index (χ0) is 15.2. The van der Waals surface area contributed by atoms with Crippen molar-refractivity contribution in [2.24, 2.45) is 0 Å². The van der Waals surface area contributed by atoms with Gasteiger partial charge in [0.1, 0.15) is 12.4 Å². The van der Waals surface area contributed by atoms with E-state index in [4.69, 9.17) is 27.9 Å². The maximum atomic E-state index is 6.14. The fourth-order valence-corrected chi connectivity index (χ4v) is 2.30. The van der Waals surface area contributed by atoms with Gasteiger partial charge in [-0.05, 0) is 24.3 Å². The average molecular weight is 361 g/mol. The Labute approximate surface area is 148 Å². The number of hydrogen-bond donors (Lipinski definition) is 1. The zero-order valence-electron chi connectivity index (χ0n) is 12.6. The summed E-state index contributed by atoms with van der Waals surface area (Å²) >= 11 is 12.2. The summed E-state index contributed by atoms with van der Waals surface area (Å²) in [6.45, 7) is 5.37. The van der Waals surface area contributed by atoms with Crippen molar-refractivity contribution in [2.75, 3.05) is 0 Å². The predicted octanol–water partition coefficient (Wildman–Crippen LogP) is 5.49. The molecule has 0 aliphatic carbocycles. The molecule has 0 aromatic heterocycles. The molecule has 0 radical (unpaired) electrons. The number of rotatable bonds is 6. The van der Waals surface area contributed by atoms with Gasteiger partial charge in [-0.3, -0.25) is 0 Å². The Morgan fingerprint density at radius 3 is 2.45 bits per heavy atom. The highest BCUT2D eigenvalue weighted by molar-refractivity contribution is 6.31. The summed E-state index contributed by atoms with van der Waals surface area (Å²) in [5, 5.41) is 4.80. The highest BCUT2D eigenvalue weighted by atomic mass is 35.5. The van der Waals surface area contributed by atoms with Crippen molar-refractivity contribution in [2.45, 2.75) is 33.0 Å². The quantitative estimate of drug-likeness (QED) is 0.735. The maximum absolute atomic E-state index is 6.14. The Morgan fingerprint density at radius 1 is 1.05 bits per heavy atom. The molecule has 0 spiro atoms. The lowest BCUT2D eigenvalue weighted by molar-refractivity contribution is 0.302. The van der Waals surface area contributed by atoms with Gasteiger partial charge >= 0.3 is 0 Å². The molecular formula is C17H20Cl3NO. The summed E-state index contributed by atoms with van der Waals surface area (Å²) in [4.78, 5) is 0. The fourth-order valence-electron chi connectivity index (χ4n) is 1.91. The minimum atomic E-state index is 0. The Morgan fingerprint density at radius 2 is 1.77 bits per heavy atom. The van der Waals surface area contributed by atoms with E-state index >= 15 is 0 Å². The Balaban J connectivity index is 0.00000242. The molecule has 2 aromatic rings. The van der Waals surface area contributed by atoms with E-state index in [9.17, 15) is 0 Å². The van der Waals surface area contributed by atoms with Crippen LogP contribution in [0.4, 0.5) is 0 Å². The van der Waals surface area contributed by atoms with Gasteiger partial charge < -0.3 is 10.1 Å². The lowest BCUT2D eigenvalue weighted by atomic mass is 10.2. The van der Waals surface area contributed by atoms with E-state index in [0.717, 1.165) is 23.4 Å². The Kier molecular flexibility index (Phi) is 8.05. The van der Waals surface area contributed by atoms with Crippen molar-refractivity contribution >= 4 is 35.6 Å². The van der Waals surface area contributed by atoms with Crippen molar-refractivity contribution < 1.29 is 4.74 Å². The van der Waals surface area contributed by atoms with E-state index in [1.54, 1.807) is 0 Å². The van der Waals surface area contributed by atoms with Gasteiger partial charge in [-0.2, -0.15) is 0 Å². The topological polar surface area (TPSA) is 21.3 Å². The number of nitrogens with one attached hydrogen (secondary N) is 1. The molecule has 0 heterocycles. The number of ether oxygens (including phenoxy) is 1. The van der Waals surface area contributed by atoms with E-state index in [1.165, 1.54) is 0 Å². The summed E-state index contributed by atoms with van der Waals surface area (Å²) in [5.74, 6) is 0.826. The second kappa shape index (κ2) is 9.26. The van der Waals surface area contributed by atoms with E-state index in [-0.39, 0.29) is 12.4 Å². The molecule has 2 nitrogen and oxygen atoms in total. The molecule has 120 valence electrons. The van der Waals surface area contributed by atoms with Crippen LogP contribution in [0.1, 0.15) is 25.0 Å². The zero-order valence-corrected chi connectivity index (χ0v) is 14.9. The molecule has 1 N–H and O–H groups in total. The highest BCUT2D eigenvalue weighted by Crippen LogP contribution is 2.25. The first kappa shape index (κ1) is 19.1. The normalized spacial score (nSPS) is 10.4. The minimum Gasteiger partial charge on any atom is -0.489 e. The molecule has 0 amide bonds. The molecule has 0 saturated carbocycles. The smallest absolute Gasteiger partial charge is 0.124 e. The van der Waals surface area contributed by atoms with Gasteiger partial charge in [-0.1, -0.05) is 55.2 Å². The highest BCUT2D eigenvalue weighted by Gasteiger charge is 2.07. The van der Waals surface area contributed by atoms with E-state index in [2.05, 4.69) is 19.2 Å². The number of benzene rings is 2. The lowest BCUT2D eigenvalue weighted by Gasteiger charge is -2.14. The maximum Gasteiger partial charge on any atom is 0.124 e. The van der Waals surface area contributed by atoms with E-state index in [1.807, 2.05) is 42.5 Å². The van der Waals surface area contributed by atoms with E-state index < -0.39 is 0 Å². The van der Waals surface area contributed by atoms with Crippen LogP contribution in [0.25, 0.3) is 0 Å². The predicted molar refractivity (Wildman–Crippen MR) is 96.5 cm³/mol. The molecule has 0 fully saturated rings. The molecule has 0 atom stereocenters. The van der Waals surface area contributed by atoms with Crippen molar-refractivity contribution in [1.29, 1.82) is 0 Å². The van der Waals surface area contributed by atoms with Crippen LogP contribution in [-0.2, 0) is 13.2 Å². The first-order valence-electron chi connectivity index (χ1n) is 6.94. The lowest BCUT2D eigenvalue weighted by Crippen LogP contribution is -2.22. The first-order chi connectivity index (χ1) is 10.1. The molecule has 0 unspecified atom stereocenters. The summed E-state index contributed by atoms with van der Waals surface area (Å²) in [6.07, 6.45) is 0. The van der Waals surface area contributed by atoms with Crippen molar-refractivity contribution in [3.8, 4) is 5.75 Å². The largest absolute Gasteiger partial charge is 0.489 e. The van der Waals surface area contributed by atoms with Gasteiger partial charge in [0, 0.05) is 33.8 Å². The van der Waals surface area contributed by atoms with Gasteiger partial charge in [0.2, 0.25) is 0 Å². The number of halogens is 3. The first-order valence-corrected chi connectivity index (χ1v) is 7.70. The van der Waals surface area contributed by atoms with Crippen molar-refractivity contribution in [1.82, 2.24) is 5.32 Å². The second-order valence-corrected chi connectivity index (χ2v) is 6.01. The third-order valence-corrected chi connectivity index (χ3v) is 3.67. The van der Waals surface area contributed by atoms with Crippen LogP contribution in [0, 0.1) is 0 Å². The van der Waals surface area contributed by atoms with Crippen LogP contribution in [-0.4, -0.2) is 6.04 Å². The van der Waals surface area contributed by atoms with Gasteiger partial charge in [0.15, 0.2) is 0 Å². The summed E-state index contributed by atoms with van der Waals surface area (Å²) in [5.41, 5.74) is 2.01. The minimum absolute atomic E-state index is 0. The molecule has 0 bridgehead atoms. The molecule has 2 aromatic carbocycles. The third-order valence-electron chi connectivity index (χ3n) is 3.06. The third kappa shape index (κ3) is 5.69. The van der Waals surface area contributed by atoms with Crippen LogP contribution in [0.15, 0.2) is 42.5 Å². The van der Waals surface area contributed by atoms with Gasteiger partial charge in [0.25, 0.3) is 0 Å². The average Bonchev–Trinajstić information content (AvgIpc) is 2.45. The van der Waals surface area contributed by atoms with Crippen molar-refractivity contribution in [3.63, 3.8) is 0 Å². The molecule has 0 saturated heterocycles. The van der Waals surface area contributed by atoms with Crippen molar-refractivity contribution in [3.05, 3.63) is 63.6 Å². The van der Waals surface area contributed by atoms with Crippen LogP contribution in [0.2, 0.25) is 10.0 Å². The Hall–Kier alpha value is -0.930. The number of hydrogen-bond acceptors (Lipinski definition) is 2. The van der Waals surface area contributed by atoms with Crippen LogP contribution in [0.3, 0.4) is 0 Å². The standard InChI is InChI=1S/C17H19Cl2NO.ClH/c1-12(2)20-10-14-9-15(18)7-8-17(14)21-11-13-5-3-4-6-16(13)19;/h3-9,12,20H,10-11H2,1-2H3;1H. The van der Waals surface area contributed by atoms with Gasteiger partial charge in [-0.15, -0.1) is 12.4 Å². The van der Waals surface area contributed by atoms with Crippen LogP contribution >= 0.6 is 35.6 Å². The molecule has 5 heteroatoms. The van der Waals surface area contributed by atoms with E-state index in [0.29, 0.717) is 22.7 Å². The monoisotopic (exact) mass is 359 g/mol. The summed E-state index contributed by atoms with van der Waals surface area (Å²) in [7, 11) is 0. The summed E-state index contributed by atoms with van der Waals surface area (Å²) < 4.78 is 5.91. The molecule has 2 rings (SSSR count). The molecule has 0 aliphatic rings. The molecular weight excluding hydrogens is 341 g/mol. The molecule has 0 aliphatic heterocycles. The SMILES string of the molecule is CC(C)NCc1cc(Cl)ccc1OCc1ccccc1Cl.Cl. The van der Waals surface area contributed by atoms with Gasteiger partial charge in [-0.25, -0.2) is 0 Å². The fraction of sp³-hybridized carbons (Fsp3) is 0.294. The Bertz CT molecular complexity index is 602. The van der Waals surface area contributed by atoms with Gasteiger partial charge in [0.05, 0.1) is 0 Å². The second-order valence-electron chi connectivity index (χ2n) is 5.17. The summed E-state index contributed by atoms with van der Waals surface area (Å²) in [6, 6.07) is 13.8. The van der Waals surface area contributed by atoms with Crippen LogP contribution in [0.5, 0.6) is 5.75 Å². The van der Waals surface area contributed by atoms with Crippen LogP contribution < -0.4 is 10.1 Å². The molecule has 22 heavy (non-hydrogen) atoms.